The smallest absolute Gasteiger partial charge is 0.343 e. The number of benzene rings is 2. The second-order valence-corrected chi connectivity index (χ2v) is 14.7. The minimum absolute atomic E-state index is 0.00584. The molecule has 3 aliphatic heterocycles. The van der Waals surface area contributed by atoms with Crippen LogP contribution in [-0.2, 0) is 11.3 Å². The number of nitrogens with zero attached hydrogens (tertiary/aromatic N) is 6. The zero-order valence-electron chi connectivity index (χ0n) is 26.1. The Morgan fingerprint density at radius 3 is 2.39 bits per heavy atom. The Bertz CT molecular complexity index is 1600. The molecule has 13 heteroatoms. The summed E-state index contributed by atoms with van der Waals surface area (Å²) in [6.07, 6.45) is 2.51. The summed E-state index contributed by atoms with van der Waals surface area (Å²) < 4.78 is 2.73. The number of carbonyl (C=O) groups excluding carboxylic acids is 2. The highest BCUT2D eigenvalue weighted by Crippen LogP contribution is 2.46. The lowest BCUT2D eigenvalue weighted by atomic mass is 9.83. The SMILES string of the molecule is CN1CCC(N2CCN(C3(CC=O)CC(n4nc(-c5ccccc5)[nH]c4=O)CC[N@+]3(Cc3ccc(Br)c(Br)c3)C(=O)[O-])CC2)CC1. The molecule has 4 heterocycles. The first-order valence-corrected chi connectivity index (χ1v) is 17.6. The van der Waals surface area contributed by atoms with Gasteiger partial charge in [0, 0.05) is 65.1 Å². The Hall–Kier alpha value is -2.68. The van der Waals surface area contributed by atoms with Gasteiger partial charge in [-0.15, -0.1) is 5.10 Å². The summed E-state index contributed by atoms with van der Waals surface area (Å²) in [5.41, 5.74) is 0.120. The maximum atomic E-state index is 13.6. The Labute approximate surface area is 286 Å². The number of carboxylic acid groups (broad SMARTS) is 1. The molecule has 3 fully saturated rings. The highest BCUT2D eigenvalue weighted by Gasteiger charge is 2.60. The first-order valence-electron chi connectivity index (χ1n) is 16.0. The summed E-state index contributed by atoms with van der Waals surface area (Å²) in [7, 11) is 2.16. The van der Waals surface area contributed by atoms with Crippen LogP contribution in [0, 0.1) is 0 Å². The first-order chi connectivity index (χ1) is 22.2. The third-order valence-electron chi connectivity index (χ3n) is 10.5. The van der Waals surface area contributed by atoms with Gasteiger partial charge in [0.2, 0.25) is 0 Å². The lowest BCUT2D eigenvalue weighted by Gasteiger charge is -2.61. The van der Waals surface area contributed by atoms with Gasteiger partial charge in [-0.25, -0.2) is 14.4 Å². The summed E-state index contributed by atoms with van der Waals surface area (Å²) in [5, 5.41) is 18.3. The molecule has 1 N–H and O–H groups in total. The molecule has 0 saturated carbocycles. The van der Waals surface area contributed by atoms with Crippen molar-refractivity contribution in [2.24, 2.45) is 0 Å². The van der Waals surface area contributed by atoms with E-state index in [1.54, 1.807) is 0 Å². The molecular weight excluding hydrogens is 718 g/mol. The molecular formula is C33H41Br2N7O4. The van der Waals surface area contributed by atoms with Gasteiger partial charge in [0.15, 0.2) is 11.5 Å². The number of aldehydes is 1. The van der Waals surface area contributed by atoms with E-state index in [4.69, 9.17) is 5.10 Å². The number of quaternary nitrogens is 1. The molecule has 3 saturated heterocycles. The van der Waals surface area contributed by atoms with E-state index in [1.165, 1.54) is 4.68 Å². The van der Waals surface area contributed by atoms with Crippen molar-refractivity contribution in [3.63, 3.8) is 0 Å². The predicted octanol–water partition coefficient (Wildman–Crippen LogP) is 3.46. The van der Waals surface area contributed by atoms with Crippen LogP contribution < -0.4 is 10.8 Å². The van der Waals surface area contributed by atoms with Gasteiger partial charge >= 0.3 is 5.69 Å². The van der Waals surface area contributed by atoms with Gasteiger partial charge in [-0.2, -0.15) is 0 Å². The fraction of sp³-hybridized carbons (Fsp3) is 0.515. The minimum Gasteiger partial charge on any atom is -0.498 e. The van der Waals surface area contributed by atoms with Crippen LogP contribution in [-0.4, -0.2) is 111 Å². The van der Waals surface area contributed by atoms with Crippen molar-refractivity contribution in [3.05, 3.63) is 73.5 Å². The predicted molar refractivity (Wildman–Crippen MR) is 180 cm³/mol. The number of hydrogen-bond acceptors (Lipinski definition) is 8. The summed E-state index contributed by atoms with van der Waals surface area (Å²) in [6, 6.07) is 15.3. The Kier molecular flexibility index (Phi) is 9.98. The van der Waals surface area contributed by atoms with E-state index in [-0.39, 0.29) is 31.6 Å². The number of hydrogen-bond donors (Lipinski definition) is 1. The van der Waals surface area contributed by atoms with Gasteiger partial charge in [0.1, 0.15) is 12.8 Å². The van der Waals surface area contributed by atoms with E-state index < -0.39 is 22.3 Å². The van der Waals surface area contributed by atoms with Gasteiger partial charge in [-0.05, 0) is 77.0 Å². The van der Waals surface area contributed by atoms with E-state index in [0.29, 0.717) is 31.4 Å². The van der Waals surface area contributed by atoms with Crippen LogP contribution in [0.1, 0.15) is 43.7 Å². The zero-order valence-corrected chi connectivity index (χ0v) is 29.3. The molecule has 0 radical (unpaired) electrons. The highest BCUT2D eigenvalue weighted by molar-refractivity contribution is 9.13. The summed E-state index contributed by atoms with van der Waals surface area (Å²) >= 11 is 7.10. The zero-order chi connectivity index (χ0) is 32.5. The number of piperazine rings is 1. The summed E-state index contributed by atoms with van der Waals surface area (Å²) in [6.45, 7) is 5.28. The number of carbonyl (C=O) groups is 2. The van der Waals surface area contributed by atoms with E-state index >= 15 is 0 Å². The molecule has 0 aliphatic carbocycles. The molecule has 3 atom stereocenters. The van der Waals surface area contributed by atoms with Crippen LogP contribution in [0.4, 0.5) is 4.79 Å². The quantitative estimate of drug-likeness (QED) is 0.275. The number of piperidine rings is 2. The van der Waals surface area contributed by atoms with Crippen molar-refractivity contribution in [3.8, 4) is 11.4 Å². The third kappa shape index (κ3) is 6.29. The van der Waals surface area contributed by atoms with Crippen molar-refractivity contribution in [1.29, 1.82) is 0 Å². The van der Waals surface area contributed by atoms with Gasteiger partial charge in [-0.3, -0.25) is 14.4 Å². The van der Waals surface area contributed by atoms with E-state index in [9.17, 15) is 19.5 Å². The molecule has 0 spiro atoms. The van der Waals surface area contributed by atoms with Crippen LogP contribution in [0.5, 0.6) is 0 Å². The molecule has 2 aromatic carbocycles. The van der Waals surface area contributed by atoms with Crippen LogP contribution in [0.25, 0.3) is 11.4 Å². The van der Waals surface area contributed by atoms with Gasteiger partial charge in [0.25, 0.3) is 6.09 Å². The maximum absolute atomic E-state index is 13.6. The Balaban J connectivity index is 1.38. The Morgan fingerprint density at radius 2 is 1.74 bits per heavy atom. The molecule has 3 aliphatic rings. The summed E-state index contributed by atoms with van der Waals surface area (Å²) in [4.78, 5) is 49.6. The number of rotatable bonds is 8. The molecule has 1 aromatic heterocycles. The van der Waals surface area contributed by atoms with Crippen LogP contribution >= 0.6 is 31.9 Å². The lowest BCUT2D eigenvalue weighted by Crippen LogP contribution is -2.79. The molecule has 0 bridgehead atoms. The van der Waals surface area contributed by atoms with Gasteiger partial charge in [-0.1, -0.05) is 36.4 Å². The number of halogens is 2. The second-order valence-electron chi connectivity index (χ2n) is 13.0. The van der Waals surface area contributed by atoms with E-state index in [0.717, 1.165) is 65.4 Å². The number of likely N-dealkylation sites (tertiary alicyclic amines) is 2. The average molecular weight is 760 g/mol. The average Bonchev–Trinajstić information content (AvgIpc) is 3.46. The minimum atomic E-state index is -1.21. The molecule has 3 aromatic rings. The highest BCUT2D eigenvalue weighted by atomic mass is 79.9. The largest absolute Gasteiger partial charge is 0.498 e. The number of aromatic amines is 1. The van der Waals surface area contributed by atoms with E-state index in [1.807, 2.05) is 48.5 Å². The number of amides is 1. The normalized spacial score (nSPS) is 27.1. The van der Waals surface area contributed by atoms with Crippen molar-refractivity contribution in [2.45, 2.75) is 56.4 Å². The molecule has 46 heavy (non-hydrogen) atoms. The molecule has 1 amide bonds. The van der Waals surface area contributed by atoms with Crippen LogP contribution in [0.2, 0.25) is 0 Å². The topological polar surface area (TPSA) is 118 Å². The molecule has 2 unspecified atom stereocenters. The lowest BCUT2D eigenvalue weighted by molar-refractivity contribution is -0.956. The third-order valence-corrected chi connectivity index (χ3v) is 12.4. The van der Waals surface area contributed by atoms with Crippen LogP contribution in [0.15, 0.2) is 62.3 Å². The van der Waals surface area contributed by atoms with E-state index in [2.05, 4.69) is 58.6 Å². The summed E-state index contributed by atoms with van der Waals surface area (Å²) in [5.74, 6) is 0.462. The number of nitrogens with one attached hydrogen (secondary N) is 1. The first kappa shape index (κ1) is 33.2. The van der Waals surface area contributed by atoms with Crippen molar-refractivity contribution in [1.82, 2.24) is 29.5 Å². The number of H-pyrrole nitrogens is 1. The van der Waals surface area contributed by atoms with Crippen molar-refractivity contribution < 1.29 is 19.2 Å². The molecule has 246 valence electrons. The van der Waals surface area contributed by atoms with Gasteiger partial charge < -0.3 is 19.6 Å². The fourth-order valence-electron chi connectivity index (χ4n) is 8.04. The van der Waals surface area contributed by atoms with Crippen molar-refractivity contribution in [2.75, 3.05) is 52.9 Å². The molecule has 6 rings (SSSR count). The van der Waals surface area contributed by atoms with Gasteiger partial charge in [0.05, 0.1) is 19.0 Å². The maximum Gasteiger partial charge on any atom is 0.343 e. The Morgan fingerprint density at radius 1 is 1.02 bits per heavy atom. The number of aromatic nitrogens is 3. The standard InChI is InChI=1S/C33H41Br2N7O4/c1-38-13-9-26(10-14-38)39-15-17-40(18-16-39)33(12-20-43)22-27(41-31(44)36-30(37-41)25-5-3-2-4-6-25)11-19-42(33,32(45)46)23-24-7-8-28(34)29(35)21-24/h2-8,20-21,26-27H,9-19,22-23H2,1H3,(H-,36,37,44,45,46)/t27?,33?,42-/m0/s1. The monoisotopic (exact) mass is 757 g/mol. The van der Waals surface area contributed by atoms with Crippen molar-refractivity contribution >= 4 is 44.2 Å². The van der Waals surface area contributed by atoms with Crippen LogP contribution in [0.3, 0.4) is 0 Å². The second kappa shape index (κ2) is 13.8. The fourth-order valence-corrected chi connectivity index (χ4v) is 8.71. The molecule has 11 nitrogen and oxygen atoms in total.